The van der Waals surface area contributed by atoms with Crippen molar-refractivity contribution < 1.29 is 9.47 Å². The Hall–Kier alpha value is -1.46. The van der Waals surface area contributed by atoms with E-state index in [-0.39, 0.29) is 0 Å². The van der Waals surface area contributed by atoms with Crippen LogP contribution >= 0.6 is 0 Å². The number of nitrogens with zero attached hydrogens (tertiary/aromatic N) is 2. The summed E-state index contributed by atoms with van der Waals surface area (Å²) in [6, 6.07) is 6.16. The summed E-state index contributed by atoms with van der Waals surface area (Å²) in [4.78, 5) is 4.79. The third-order valence-corrected chi connectivity index (χ3v) is 3.54. The molecule has 0 amide bonds. The number of hydrogen-bond donors (Lipinski definition) is 1. The SMILES string of the molecule is NCCN1CCN(c2ccc3c(c2)OCO3)CC1. The first-order chi connectivity index (χ1) is 8.86. The molecule has 0 unspecified atom stereocenters. The monoisotopic (exact) mass is 249 g/mol. The van der Waals surface area contributed by atoms with Crippen molar-refractivity contribution in [2.45, 2.75) is 0 Å². The van der Waals surface area contributed by atoms with Gasteiger partial charge in [0.1, 0.15) is 0 Å². The van der Waals surface area contributed by atoms with Crippen LogP contribution in [-0.2, 0) is 0 Å². The van der Waals surface area contributed by atoms with Gasteiger partial charge < -0.3 is 20.1 Å². The summed E-state index contributed by atoms with van der Waals surface area (Å²) >= 11 is 0. The Morgan fingerprint density at radius 3 is 2.61 bits per heavy atom. The Labute approximate surface area is 107 Å². The second-order valence-electron chi connectivity index (χ2n) is 4.65. The van der Waals surface area contributed by atoms with Gasteiger partial charge in [0, 0.05) is 51.0 Å². The maximum Gasteiger partial charge on any atom is 0.231 e. The molecule has 98 valence electrons. The van der Waals surface area contributed by atoms with E-state index >= 15 is 0 Å². The van der Waals surface area contributed by atoms with E-state index in [1.54, 1.807) is 0 Å². The van der Waals surface area contributed by atoms with Crippen molar-refractivity contribution in [3.8, 4) is 11.5 Å². The van der Waals surface area contributed by atoms with Gasteiger partial charge in [-0.1, -0.05) is 0 Å². The largest absolute Gasteiger partial charge is 0.454 e. The smallest absolute Gasteiger partial charge is 0.231 e. The van der Waals surface area contributed by atoms with Crippen molar-refractivity contribution in [1.29, 1.82) is 0 Å². The van der Waals surface area contributed by atoms with Crippen molar-refractivity contribution in [1.82, 2.24) is 4.90 Å². The predicted octanol–water partition coefficient (Wildman–Crippen LogP) is 0.496. The molecule has 0 aliphatic carbocycles. The van der Waals surface area contributed by atoms with Crippen molar-refractivity contribution in [3.05, 3.63) is 18.2 Å². The second kappa shape index (κ2) is 5.04. The molecule has 5 heteroatoms. The van der Waals surface area contributed by atoms with Crippen LogP contribution in [0.15, 0.2) is 18.2 Å². The molecule has 1 aromatic rings. The summed E-state index contributed by atoms with van der Waals surface area (Å²) in [6.45, 7) is 6.30. The van der Waals surface area contributed by atoms with Crippen LogP contribution in [0.4, 0.5) is 5.69 Å². The molecule has 2 heterocycles. The second-order valence-corrected chi connectivity index (χ2v) is 4.65. The van der Waals surface area contributed by atoms with Gasteiger partial charge in [0.2, 0.25) is 6.79 Å². The molecule has 2 aliphatic rings. The third-order valence-electron chi connectivity index (χ3n) is 3.54. The van der Waals surface area contributed by atoms with E-state index in [4.69, 9.17) is 15.2 Å². The van der Waals surface area contributed by atoms with Crippen LogP contribution in [0.2, 0.25) is 0 Å². The Morgan fingerprint density at radius 1 is 1.06 bits per heavy atom. The Balaban J connectivity index is 1.66. The number of piperazine rings is 1. The van der Waals surface area contributed by atoms with Gasteiger partial charge in [0.15, 0.2) is 11.5 Å². The van der Waals surface area contributed by atoms with E-state index in [0.29, 0.717) is 6.79 Å². The molecule has 1 saturated heterocycles. The Bertz CT molecular complexity index is 417. The fraction of sp³-hybridized carbons (Fsp3) is 0.538. The lowest BCUT2D eigenvalue weighted by atomic mass is 10.2. The molecular weight excluding hydrogens is 230 g/mol. The lowest BCUT2D eigenvalue weighted by molar-refractivity contribution is 0.174. The fourth-order valence-electron chi connectivity index (χ4n) is 2.49. The normalized spacial score (nSPS) is 19.3. The quantitative estimate of drug-likeness (QED) is 0.845. The van der Waals surface area contributed by atoms with Gasteiger partial charge in [-0.05, 0) is 12.1 Å². The molecule has 1 fully saturated rings. The highest BCUT2D eigenvalue weighted by Crippen LogP contribution is 2.35. The molecule has 0 radical (unpaired) electrons. The first kappa shape index (κ1) is 11.6. The number of nitrogens with two attached hydrogens (primary N) is 1. The predicted molar refractivity (Wildman–Crippen MR) is 70.3 cm³/mol. The number of anilines is 1. The molecule has 0 bridgehead atoms. The van der Waals surface area contributed by atoms with Gasteiger partial charge >= 0.3 is 0 Å². The topological polar surface area (TPSA) is 51.0 Å². The van der Waals surface area contributed by atoms with E-state index in [9.17, 15) is 0 Å². The van der Waals surface area contributed by atoms with E-state index in [2.05, 4.69) is 21.9 Å². The summed E-state index contributed by atoms with van der Waals surface area (Å²) in [5.74, 6) is 1.71. The zero-order chi connectivity index (χ0) is 12.4. The molecule has 2 aliphatic heterocycles. The van der Waals surface area contributed by atoms with Gasteiger partial charge in [-0.2, -0.15) is 0 Å². The van der Waals surface area contributed by atoms with E-state index in [0.717, 1.165) is 50.8 Å². The number of rotatable bonds is 3. The summed E-state index contributed by atoms with van der Waals surface area (Å²) < 4.78 is 10.7. The summed E-state index contributed by atoms with van der Waals surface area (Å²) in [5, 5.41) is 0. The van der Waals surface area contributed by atoms with Crippen LogP contribution in [0.5, 0.6) is 11.5 Å². The number of hydrogen-bond acceptors (Lipinski definition) is 5. The van der Waals surface area contributed by atoms with Gasteiger partial charge in [-0.3, -0.25) is 4.90 Å². The Kier molecular flexibility index (Phi) is 3.25. The maximum atomic E-state index is 5.58. The van der Waals surface area contributed by atoms with E-state index in [1.807, 2.05) is 6.07 Å². The molecule has 1 aromatic carbocycles. The van der Waals surface area contributed by atoms with Gasteiger partial charge in [-0.15, -0.1) is 0 Å². The third kappa shape index (κ3) is 2.23. The number of fused-ring (bicyclic) bond motifs is 1. The molecule has 3 rings (SSSR count). The first-order valence-electron chi connectivity index (χ1n) is 6.44. The molecule has 2 N–H and O–H groups in total. The average molecular weight is 249 g/mol. The van der Waals surface area contributed by atoms with Crippen LogP contribution in [0.25, 0.3) is 0 Å². The molecule has 5 nitrogen and oxygen atoms in total. The highest BCUT2D eigenvalue weighted by molar-refractivity contribution is 5.57. The number of benzene rings is 1. The average Bonchev–Trinajstić information content (AvgIpc) is 2.87. The van der Waals surface area contributed by atoms with Crippen molar-refractivity contribution in [2.24, 2.45) is 5.73 Å². The summed E-state index contributed by atoms with van der Waals surface area (Å²) in [7, 11) is 0. The van der Waals surface area contributed by atoms with E-state index < -0.39 is 0 Å². The molecule has 0 saturated carbocycles. The molecule has 0 atom stereocenters. The zero-order valence-corrected chi connectivity index (χ0v) is 10.5. The van der Waals surface area contributed by atoms with E-state index in [1.165, 1.54) is 5.69 Å². The van der Waals surface area contributed by atoms with Crippen LogP contribution < -0.4 is 20.1 Å². The first-order valence-corrected chi connectivity index (χ1v) is 6.44. The standard InChI is InChI=1S/C13H19N3O2/c14-3-4-15-5-7-16(8-6-15)11-1-2-12-13(9-11)18-10-17-12/h1-2,9H,3-8,10,14H2. The minimum absolute atomic E-state index is 0.336. The molecule has 18 heavy (non-hydrogen) atoms. The summed E-state index contributed by atoms with van der Waals surface area (Å²) in [5.41, 5.74) is 6.80. The molecular formula is C13H19N3O2. The zero-order valence-electron chi connectivity index (χ0n) is 10.5. The lowest BCUT2D eigenvalue weighted by Gasteiger charge is -2.35. The van der Waals surface area contributed by atoms with Gasteiger partial charge in [-0.25, -0.2) is 0 Å². The van der Waals surface area contributed by atoms with Crippen LogP contribution in [0.1, 0.15) is 0 Å². The fourth-order valence-corrected chi connectivity index (χ4v) is 2.49. The van der Waals surface area contributed by atoms with Crippen molar-refractivity contribution >= 4 is 5.69 Å². The van der Waals surface area contributed by atoms with Crippen molar-refractivity contribution in [3.63, 3.8) is 0 Å². The van der Waals surface area contributed by atoms with Crippen LogP contribution in [0.3, 0.4) is 0 Å². The minimum Gasteiger partial charge on any atom is -0.454 e. The summed E-state index contributed by atoms with van der Waals surface area (Å²) in [6.07, 6.45) is 0. The van der Waals surface area contributed by atoms with Crippen molar-refractivity contribution in [2.75, 3.05) is 51.0 Å². The van der Waals surface area contributed by atoms with Crippen LogP contribution in [-0.4, -0.2) is 51.0 Å². The lowest BCUT2D eigenvalue weighted by Crippen LogP contribution is -2.47. The number of ether oxygens (including phenoxy) is 2. The molecule has 0 spiro atoms. The van der Waals surface area contributed by atoms with Gasteiger partial charge in [0.25, 0.3) is 0 Å². The highest BCUT2D eigenvalue weighted by atomic mass is 16.7. The maximum absolute atomic E-state index is 5.58. The van der Waals surface area contributed by atoms with Gasteiger partial charge in [0.05, 0.1) is 0 Å². The minimum atomic E-state index is 0.336. The highest BCUT2D eigenvalue weighted by Gasteiger charge is 2.19. The Morgan fingerprint density at radius 2 is 1.83 bits per heavy atom. The molecule has 0 aromatic heterocycles. The van der Waals surface area contributed by atoms with Crippen LogP contribution in [0, 0.1) is 0 Å².